The third-order valence-electron chi connectivity index (χ3n) is 7.03. The molecule has 1 atom stereocenters. The van der Waals surface area contributed by atoms with E-state index in [0.29, 0.717) is 5.92 Å². The zero-order valence-electron chi connectivity index (χ0n) is 19.7. The van der Waals surface area contributed by atoms with Gasteiger partial charge in [-0.3, -0.25) is 14.4 Å². The van der Waals surface area contributed by atoms with Gasteiger partial charge < -0.3 is 25.1 Å². The predicted molar refractivity (Wildman–Crippen MR) is 128 cm³/mol. The maximum absolute atomic E-state index is 12.6. The number of rotatable bonds is 6. The zero-order valence-corrected chi connectivity index (χ0v) is 19.7. The third kappa shape index (κ3) is 3.46. The summed E-state index contributed by atoms with van der Waals surface area (Å²) in [5.41, 5.74) is 1.11. The monoisotopic (exact) mass is 464 g/mol. The van der Waals surface area contributed by atoms with Gasteiger partial charge in [0.25, 0.3) is 16.8 Å². The number of carbonyl (C=O) groups excluding carboxylic acids is 1. The molecule has 2 aliphatic rings. The van der Waals surface area contributed by atoms with E-state index in [0.717, 1.165) is 18.6 Å². The number of aromatic hydroxyl groups is 1. The molecule has 1 amide bonds. The number of nitrogens with one attached hydrogen (secondary N) is 2. The van der Waals surface area contributed by atoms with Crippen molar-refractivity contribution in [1.82, 2.24) is 9.88 Å². The second-order valence-electron chi connectivity index (χ2n) is 10.2. The van der Waals surface area contributed by atoms with Gasteiger partial charge in [0.2, 0.25) is 0 Å². The molecule has 0 saturated heterocycles. The lowest BCUT2D eigenvalue weighted by atomic mass is 9.72. The highest BCUT2D eigenvalue weighted by Crippen LogP contribution is 2.51. The number of anilines is 3. The van der Waals surface area contributed by atoms with Crippen molar-refractivity contribution in [2.24, 2.45) is 5.41 Å². The number of hydrogen-bond donors (Lipinski definition) is 3. The molecule has 0 radical (unpaired) electrons. The molecule has 34 heavy (non-hydrogen) atoms. The molecule has 178 valence electrons. The molecule has 1 fully saturated rings. The fourth-order valence-corrected chi connectivity index (χ4v) is 4.72. The number of pyridine rings is 1. The summed E-state index contributed by atoms with van der Waals surface area (Å²) in [7, 11) is 3.09. The SMILES string of the molecule is CN(C)C(=O)c1nccc(Nc2c(N[C@H]3c4occ(C5CC5)c4CCC3(C)C)c(=O)c2=O)c1O. The summed E-state index contributed by atoms with van der Waals surface area (Å²) in [5.74, 6) is 0.514. The van der Waals surface area contributed by atoms with E-state index in [-0.39, 0.29) is 40.0 Å². The first kappa shape index (κ1) is 22.2. The van der Waals surface area contributed by atoms with Gasteiger partial charge in [0.1, 0.15) is 17.1 Å². The summed E-state index contributed by atoms with van der Waals surface area (Å²) in [6, 6.07) is 1.16. The van der Waals surface area contributed by atoms with Crippen LogP contribution in [-0.2, 0) is 6.42 Å². The number of nitrogens with zero attached hydrogens (tertiary/aromatic N) is 2. The van der Waals surface area contributed by atoms with Crippen molar-refractivity contribution in [1.29, 1.82) is 0 Å². The van der Waals surface area contributed by atoms with Gasteiger partial charge in [-0.1, -0.05) is 13.8 Å². The van der Waals surface area contributed by atoms with E-state index in [1.54, 1.807) is 14.1 Å². The molecule has 1 saturated carbocycles. The molecule has 0 bridgehead atoms. The van der Waals surface area contributed by atoms with Crippen LogP contribution in [0.25, 0.3) is 0 Å². The summed E-state index contributed by atoms with van der Waals surface area (Å²) in [5, 5.41) is 16.7. The van der Waals surface area contributed by atoms with Crippen LogP contribution in [0.15, 0.2) is 32.5 Å². The Kier molecular flexibility index (Phi) is 5.03. The highest BCUT2D eigenvalue weighted by atomic mass is 16.3. The van der Waals surface area contributed by atoms with Gasteiger partial charge in [-0.05, 0) is 54.2 Å². The molecule has 2 heterocycles. The Morgan fingerprint density at radius 2 is 1.91 bits per heavy atom. The lowest BCUT2D eigenvalue weighted by Gasteiger charge is -2.39. The van der Waals surface area contributed by atoms with Crippen molar-refractivity contribution in [3.63, 3.8) is 0 Å². The maximum Gasteiger partial charge on any atom is 0.275 e. The van der Waals surface area contributed by atoms with Crippen LogP contribution in [0.3, 0.4) is 0 Å². The largest absolute Gasteiger partial charge is 0.504 e. The number of hydrogen-bond acceptors (Lipinski definition) is 8. The average molecular weight is 465 g/mol. The van der Waals surface area contributed by atoms with Gasteiger partial charge in [0.05, 0.1) is 18.0 Å². The number of aromatic nitrogens is 1. The molecule has 5 rings (SSSR count). The molecule has 2 aliphatic carbocycles. The summed E-state index contributed by atoms with van der Waals surface area (Å²) in [6.45, 7) is 4.22. The number of amides is 1. The van der Waals surface area contributed by atoms with Crippen molar-refractivity contribution in [3.05, 3.63) is 61.6 Å². The van der Waals surface area contributed by atoms with Crippen LogP contribution in [0.5, 0.6) is 5.75 Å². The van der Waals surface area contributed by atoms with Gasteiger partial charge in [-0.25, -0.2) is 4.98 Å². The fraction of sp³-hybridized carbons (Fsp3) is 0.440. The Labute approximate surface area is 196 Å². The van der Waals surface area contributed by atoms with Gasteiger partial charge in [-0.15, -0.1) is 0 Å². The second kappa shape index (κ2) is 7.72. The smallest absolute Gasteiger partial charge is 0.275 e. The molecule has 9 heteroatoms. The van der Waals surface area contributed by atoms with Crippen LogP contribution in [0.4, 0.5) is 17.1 Å². The van der Waals surface area contributed by atoms with Crippen LogP contribution < -0.4 is 21.5 Å². The Morgan fingerprint density at radius 1 is 1.21 bits per heavy atom. The van der Waals surface area contributed by atoms with Crippen molar-refractivity contribution in [2.75, 3.05) is 24.7 Å². The maximum atomic E-state index is 12.6. The molecule has 1 aromatic carbocycles. The topological polar surface area (TPSA) is 125 Å². The van der Waals surface area contributed by atoms with E-state index in [2.05, 4.69) is 29.5 Å². The molecule has 0 unspecified atom stereocenters. The molecule has 2 aromatic heterocycles. The highest BCUT2D eigenvalue weighted by molar-refractivity contribution is 5.97. The summed E-state index contributed by atoms with van der Waals surface area (Å²) in [4.78, 5) is 42.5. The third-order valence-corrected chi connectivity index (χ3v) is 7.03. The quantitative estimate of drug-likeness (QED) is 0.474. The molecule has 3 N–H and O–H groups in total. The zero-order chi connectivity index (χ0) is 24.4. The molecule has 0 aliphatic heterocycles. The van der Waals surface area contributed by atoms with Crippen molar-refractivity contribution < 1.29 is 14.3 Å². The Bertz CT molecular complexity index is 1360. The summed E-state index contributed by atoms with van der Waals surface area (Å²) in [6.07, 6.45) is 7.39. The van der Waals surface area contributed by atoms with E-state index in [4.69, 9.17) is 4.42 Å². The molecular formula is C25H28N4O5. The molecule has 0 spiro atoms. The first-order chi connectivity index (χ1) is 16.1. The summed E-state index contributed by atoms with van der Waals surface area (Å²) >= 11 is 0. The Hall–Kier alpha value is -3.62. The van der Waals surface area contributed by atoms with Crippen LogP contribution >= 0.6 is 0 Å². The van der Waals surface area contributed by atoms with Crippen molar-refractivity contribution in [3.8, 4) is 5.75 Å². The van der Waals surface area contributed by atoms with E-state index >= 15 is 0 Å². The standard InChI is InChI=1S/C25H28N4O5/c1-25(2)9-7-13-14(12-5-6-12)11-34-22(13)23(25)28-17-16(20(31)21(17)32)27-15-8-10-26-18(19(15)30)24(33)29(3)4/h8,10-12,23,28,30H,5-7,9H2,1-4H3,(H,26,27)/t23-/m0/s1. The Balaban J connectivity index is 1.47. The summed E-state index contributed by atoms with van der Waals surface area (Å²) < 4.78 is 6.01. The highest BCUT2D eigenvalue weighted by Gasteiger charge is 2.43. The van der Waals surface area contributed by atoms with Gasteiger partial charge in [0.15, 0.2) is 11.4 Å². The molecule has 9 nitrogen and oxygen atoms in total. The van der Waals surface area contributed by atoms with Gasteiger partial charge in [-0.2, -0.15) is 0 Å². The first-order valence-corrected chi connectivity index (χ1v) is 11.5. The van der Waals surface area contributed by atoms with E-state index in [1.807, 2.05) is 6.26 Å². The van der Waals surface area contributed by atoms with E-state index in [1.165, 1.54) is 41.1 Å². The first-order valence-electron chi connectivity index (χ1n) is 11.5. The van der Waals surface area contributed by atoms with Crippen LogP contribution in [0, 0.1) is 5.41 Å². The van der Waals surface area contributed by atoms with Crippen LogP contribution in [0.2, 0.25) is 0 Å². The van der Waals surface area contributed by atoms with Crippen molar-refractivity contribution >= 4 is 23.0 Å². The minimum absolute atomic E-state index is 0.0478. The number of carbonyl (C=O) groups is 1. The Morgan fingerprint density at radius 3 is 2.59 bits per heavy atom. The minimum atomic E-state index is -0.689. The lowest BCUT2D eigenvalue weighted by Crippen LogP contribution is -2.41. The van der Waals surface area contributed by atoms with E-state index < -0.39 is 16.8 Å². The minimum Gasteiger partial charge on any atom is -0.504 e. The van der Waals surface area contributed by atoms with Gasteiger partial charge in [0, 0.05) is 20.3 Å². The fourth-order valence-electron chi connectivity index (χ4n) is 4.72. The lowest BCUT2D eigenvalue weighted by molar-refractivity contribution is 0.0819. The number of furan rings is 1. The average Bonchev–Trinajstić information content (AvgIpc) is 3.56. The normalized spacial score (nSPS) is 19.0. The van der Waals surface area contributed by atoms with Crippen molar-refractivity contribution in [2.45, 2.75) is 51.5 Å². The molecular weight excluding hydrogens is 436 g/mol. The number of fused-ring (bicyclic) bond motifs is 1. The van der Waals surface area contributed by atoms with Gasteiger partial charge >= 0.3 is 0 Å². The van der Waals surface area contributed by atoms with Crippen LogP contribution in [0.1, 0.15) is 72.4 Å². The predicted octanol–water partition coefficient (Wildman–Crippen LogP) is 3.42. The molecule has 3 aromatic rings. The van der Waals surface area contributed by atoms with Crippen LogP contribution in [-0.4, -0.2) is 35.0 Å². The second-order valence-corrected chi connectivity index (χ2v) is 10.2. The van der Waals surface area contributed by atoms with E-state index in [9.17, 15) is 19.5 Å².